The van der Waals surface area contributed by atoms with Gasteiger partial charge < -0.3 is 20.3 Å². The van der Waals surface area contributed by atoms with Crippen LogP contribution in [0.1, 0.15) is 6.92 Å². The Morgan fingerprint density at radius 3 is 2.71 bits per heavy atom. The average molecular weight is 377 g/mol. The van der Waals surface area contributed by atoms with Crippen LogP contribution in [0, 0.1) is 0 Å². The predicted octanol–water partition coefficient (Wildman–Crippen LogP) is 3.92. The average Bonchev–Trinajstić information content (AvgIpc) is 2.73. The SMILES string of the molecule is CC(CNC(=O)Nc1cccc(Oc2cnccn2)c1)N(C)c1ccccc1. The molecule has 2 N–H and O–H groups in total. The van der Waals surface area contributed by atoms with E-state index in [4.69, 9.17) is 4.74 Å². The van der Waals surface area contributed by atoms with Gasteiger partial charge in [0.1, 0.15) is 5.75 Å². The molecule has 7 heteroatoms. The number of nitrogens with one attached hydrogen (secondary N) is 2. The number of benzene rings is 2. The number of likely N-dealkylation sites (N-methyl/N-ethyl adjacent to an activating group) is 1. The predicted molar refractivity (Wildman–Crippen MR) is 110 cm³/mol. The molecule has 0 radical (unpaired) electrons. The number of aromatic nitrogens is 2. The van der Waals surface area contributed by atoms with Crippen LogP contribution in [0.25, 0.3) is 0 Å². The molecule has 0 bridgehead atoms. The summed E-state index contributed by atoms with van der Waals surface area (Å²) in [6.07, 6.45) is 4.65. The molecule has 2 aromatic carbocycles. The van der Waals surface area contributed by atoms with E-state index in [1.807, 2.05) is 37.4 Å². The summed E-state index contributed by atoms with van der Waals surface area (Å²) in [5.74, 6) is 0.956. The van der Waals surface area contributed by atoms with Gasteiger partial charge in [-0.15, -0.1) is 0 Å². The molecule has 3 rings (SSSR count). The number of ether oxygens (including phenoxy) is 1. The van der Waals surface area contributed by atoms with E-state index >= 15 is 0 Å². The second-order valence-corrected chi connectivity index (χ2v) is 6.30. The number of carbonyl (C=O) groups excluding carboxylic acids is 1. The molecule has 28 heavy (non-hydrogen) atoms. The van der Waals surface area contributed by atoms with Crippen molar-refractivity contribution in [3.05, 3.63) is 73.2 Å². The summed E-state index contributed by atoms with van der Waals surface area (Å²) in [5.41, 5.74) is 1.73. The summed E-state index contributed by atoms with van der Waals surface area (Å²) in [7, 11) is 2.01. The number of nitrogens with zero attached hydrogens (tertiary/aromatic N) is 3. The molecule has 0 saturated heterocycles. The van der Waals surface area contributed by atoms with Crippen molar-refractivity contribution in [1.82, 2.24) is 15.3 Å². The minimum absolute atomic E-state index is 0.138. The third-order valence-corrected chi connectivity index (χ3v) is 4.24. The van der Waals surface area contributed by atoms with Crippen molar-refractivity contribution in [2.45, 2.75) is 13.0 Å². The Morgan fingerprint density at radius 2 is 1.96 bits per heavy atom. The number of para-hydroxylation sites is 1. The summed E-state index contributed by atoms with van der Waals surface area (Å²) >= 11 is 0. The normalized spacial score (nSPS) is 11.4. The fraction of sp³-hybridized carbons (Fsp3) is 0.190. The number of urea groups is 1. The lowest BCUT2D eigenvalue weighted by atomic mass is 10.2. The van der Waals surface area contributed by atoms with Crippen molar-refractivity contribution in [1.29, 1.82) is 0 Å². The molecule has 1 unspecified atom stereocenters. The molecule has 0 spiro atoms. The van der Waals surface area contributed by atoms with Crippen LogP contribution in [0.5, 0.6) is 11.6 Å². The molecular weight excluding hydrogens is 354 g/mol. The summed E-state index contributed by atoms with van der Waals surface area (Å²) < 4.78 is 5.63. The highest BCUT2D eigenvalue weighted by Gasteiger charge is 2.11. The molecule has 0 aliphatic rings. The van der Waals surface area contributed by atoms with Crippen LogP contribution in [-0.2, 0) is 0 Å². The van der Waals surface area contributed by atoms with Crippen LogP contribution in [0.15, 0.2) is 73.2 Å². The maximum absolute atomic E-state index is 12.2. The first kappa shape index (κ1) is 19.2. The van der Waals surface area contributed by atoms with Crippen molar-refractivity contribution in [3.63, 3.8) is 0 Å². The summed E-state index contributed by atoms with van der Waals surface area (Å²) in [4.78, 5) is 22.4. The summed E-state index contributed by atoms with van der Waals surface area (Å²) in [5, 5.41) is 5.71. The lowest BCUT2D eigenvalue weighted by Gasteiger charge is -2.27. The van der Waals surface area contributed by atoms with Gasteiger partial charge in [-0.2, -0.15) is 0 Å². The van der Waals surface area contributed by atoms with Crippen LogP contribution in [0.2, 0.25) is 0 Å². The Labute approximate surface area is 164 Å². The van der Waals surface area contributed by atoms with Gasteiger partial charge in [0.25, 0.3) is 0 Å². The van der Waals surface area contributed by atoms with Gasteiger partial charge >= 0.3 is 6.03 Å². The number of hydrogen-bond donors (Lipinski definition) is 2. The molecule has 1 atom stereocenters. The summed E-state index contributed by atoms with van der Waals surface area (Å²) in [6, 6.07) is 17.0. The largest absolute Gasteiger partial charge is 0.437 e. The van der Waals surface area contributed by atoms with E-state index in [0.717, 1.165) is 5.69 Å². The molecule has 1 aromatic heterocycles. The van der Waals surface area contributed by atoms with Crippen molar-refractivity contribution < 1.29 is 9.53 Å². The van der Waals surface area contributed by atoms with E-state index < -0.39 is 0 Å². The first-order chi connectivity index (χ1) is 13.6. The van der Waals surface area contributed by atoms with E-state index in [-0.39, 0.29) is 12.1 Å². The second-order valence-electron chi connectivity index (χ2n) is 6.30. The van der Waals surface area contributed by atoms with E-state index in [0.29, 0.717) is 23.9 Å². The monoisotopic (exact) mass is 377 g/mol. The zero-order valence-corrected chi connectivity index (χ0v) is 15.9. The summed E-state index contributed by atoms with van der Waals surface area (Å²) in [6.45, 7) is 2.57. The Kier molecular flexibility index (Phi) is 6.41. The zero-order valence-electron chi connectivity index (χ0n) is 15.9. The van der Waals surface area contributed by atoms with Crippen molar-refractivity contribution in [3.8, 4) is 11.6 Å². The fourth-order valence-corrected chi connectivity index (χ4v) is 2.57. The number of hydrogen-bond acceptors (Lipinski definition) is 5. The van der Waals surface area contributed by atoms with Gasteiger partial charge in [0, 0.05) is 49.5 Å². The van der Waals surface area contributed by atoms with Crippen LogP contribution in [0.3, 0.4) is 0 Å². The van der Waals surface area contributed by atoms with Crippen LogP contribution < -0.4 is 20.3 Å². The first-order valence-corrected chi connectivity index (χ1v) is 8.98. The van der Waals surface area contributed by atoms with E-state index in [1.54, 1.807) is 36.7 Å². The second kappa shape index (κ2) is 9.36. The van der Waals surface area contributed by atoms with E-state index in [1.165, 1.54) is 6.20 Å². The fourth-order valence-electron chi connectivity index (χ4n) is 2.57. The highest BCUT2D eigenvalue weighted by molar-refractivity contribution is 5.89. The maximum atomic E-state index is 12.2. The molecule has 0 saturated carbocycles. The van der Waals surface area contributed by atoms with Gasteiger partial charge in [-0.25, -0.2) is 9.78 Å². The van der Waals surface area contributed by atoms with Crippen molar-refractivity contribution in [2.75, 3.05) is 23.8 Å². The molecule has 0 fully saturated rings. The molecule has 0 aliphatic carbocycles. The third-order valence-electron chi connectivity index (χ3n) is 4.24. The molecule has 7 nitrogen and oxygen atoms in total. The number of amides is 2. The lowest BCUT2D eigenvalue weighted by molar-refractivity contribution is 0.251. The highest BCUT2D eigenvalue weighted by atomic mass is 16.5. The Bertz CT molecular complexity index is 890. The molecule has 144 valence electrons. The van der Waals surface area contributed by atoms with Crippen LogP contribution in [0.4, 0.5) is 16.2 Å². The van der Waals surface area contributed by atoms with Gasteiger partial charge in [0.2, 0.25) is 5.88 Å². The van der Waals surface area contributed by atoms with Gasteiger partial charge in [-0.05, 0) is 31.2 Å². The van der Waals surface area contributed by atoms with Crippen LogP contribution in [-0.4, -0.2) is 35.6 Å². The maximum Gasteiger partial charge on any atom is 0.319 e. The minimum atomic E-state index is -0.273. The number of carbonyl (C=O) groups is 1. The number of rotatable bonds is 7. The Hall–Kier alpha value is -3.61. The van der Waals surface area contributed by atoms with Gasteiger partial charge in [-0.1, -0.05) is 24.3 Å². The molecule has 2 amide bonds. The zero-order chi connectivity index (χ0) is 19.8. The highest BCUT2D eigenvalue weighted by Crippen LogP contribution is 2.22. The van der Waals surface area contributed by atoms with Gasteiger partial charge in [0.15, 0.2) is 0 Å². The minimum Gasteiger partial charge on any atom is -0.437 e. The quantitative estimate of drug-likeness (QED) is 0.652. The van der Waals surface area contributed by atoms with Gasteiger partial charge in [0.05, 0.1) is 6.20 Å². The smallest absolute Gasteiger partial charge is 0.319 e. The Balaban J connectivity index is 1.51. The van der Waals surface area contributed by atoms with E-state index in [9.17, 15) is 4.79 Å². The molecule has 1 heterocycles. The van der Waals surface area contributed by atoms with Crippen LogP contribution >= 0.6 is 0 Å². The van der Waals surface area contributed by atoms with Gasteiger partial charge in [-0.3, -0.25) is 4.98 Å². The third kappa shape index (κ3) is 5.44. The molecule has 3 aromatic rings. The first-order valence-electron chi connectivity index (χ1n) is 8.98. The standard InChI is InChI=1S/C21H23N5O2/c1-16(26(2)18-8-4-3-5-9-18)14-24-21(27)25-17-7-6-10-19(13-17)28-20-15-22-11-12-23-20/h3-13,15-16H,14H2,1-2H3,(H2,24,25,27). The van der Waals surface area contributed by atoms with Crippen molar-refractivity contribution >= 4 is 17.4 Å². The molecule has 0 aliphatic heterocycles. The molecular formula is C21H23N5O2. The number of anilines is 2. The van der Waals surface area contributed by atoms with E-state index in [2.05, 4.69) is 32.4 Å². The van der Waals surface area contributed by atoms with Crippen molar-refractivity contribution in [2.24, 2.45) is 0 Å². The lowest BCUT2D eigenvalue weighted by Crippen LogP contribution is -2.41. The Morgan fingerprint density at radius 1 is 1.14 bits per heavy atom. The topological polar surface area (TPSA) is 79.4 Å².